The van der Waals surface area contributed by atoms with Crippen LogP contribution in [0.1, 0.15) is 40.5 Å². The van der Waals surface area contributed by atoms with E-state index in [0.29, 0.717) is 6.61 Å². The molecule has 4 nitrogen and oxygen atoms in total. The van der Waals surface area contributed by atoms with Crippen LogP contribution in [0, 0.1) is 0 Å². The maximum absolute atomic E-state index is 11.9. The highest BCUT2D eigenvalue weighted by Gasteiger charge is 2.11. The number of rotatable bonds is 11. The average molecular weight is 258 g/mol. The molecule has 0 aromatic rings. The lowest BCUT2D eigenvalue weighted by atomic mass is 10.3. The van der Waals surface area contributed by atoms with E-state index in [4.69, 9.17) is 4.74 Å². The molecule has 4 heteroatoms. The fourth-order valence-electron chi connectivity index (χ4n) is 1.89. The van der Waals surface area contributed by atoms with E-state index in [-0.39, 0.29) is 12.5 Å². The fraction of sp³-hybridized carbons (Fsp3) is 0.929. The first-order chi connectivity index (χ1) is 8.69. The molecule has 0 fully saturated rings. The minimum atomic E-state index is 0.123. The summed E-state index contributed by atoms with van der Waals surface area (Å²) in [5, 5.41) is 0. The molecule has 0 aliphatic rings. The van der Waals surface area contributed by atoms with Crippen LogP contribution in [0.2, 0.25) is 0 Å². The van der Waals surface area contributed by atoms with Gasteiger partial charge in [-0.2, -0.15) is 0 Å². The van der Waals surface area contributed by atoms with Crippen LogP contribution in [0.3, 0.4) is 0 Å². The van der Waals surface area contributed by atoms with Gasteiger partial charge in [0.2, 0.25) is 5.91 Å². The summed E-state index contributed by atoms with van der Waals surface area (Å²) in [4.78, 5) is 16.1. The van der Waals surface area contributed by atoms with E-state index < -0.39 is 0 Å². The number of hydrogen-bond acceptors (Lipinski definition) is 3. The number of likely N-dealkylation sites (N-methyl/N-ethyl adjacent to an activating group) is 1. The van der Waals surface area contributed by atoms with Gasteiger partial charge in [-0.1, -0.05) is 27.7 Å². The third kappa shape index (κ3) is 7.67. The summed E-state index contributed by atoms with van der Waals surface area (Å²) in [6.07, 6.45) is 2.01. The SMILES string of the molecule is CCCN(CCC)C(=O)COCCN(CC)CC. The third-order valence-corrected chi connectivity index (χ3v) is 3.01. The Bertz CT molecular complexity index is 200. The molecule has 0 aliphatic heterocycles. The molecule has 0 saturated heterocycles. The molecule has 108 valence electrons. The largest absolute Gasteiger partial charge is 0.370 e. The van der Waals surface area contributed by atoms with E-state index in [2.05, 4.69) is 32.6 Å². The van der Waals surface area contributed by atoms with Crippen molar-refractivity contribution < 1.29 is 9.53 Å². The smallest absolute Gasteiger partial charge is 0.248 e. The molecule has 0 aliphatic carbocycles. The van der Waals surface area contributed by atoms with Gasteiger partial charge in [-0.3, -0.25) is 4.79 Å². The molecule has 0 rings (SSSR count). The van der Waals surface area contributed by atoms with E-state index in [9.17, 15) is 4.79 Å². The summed E-state index contributed by atoms with van der Waals surface area (Å²) in [6.45, 7) is 14.0. The molecule has 0 spiro atoms. The Hall–Kier alpha value is -0.610. The van der Waals surface area contributed by atoms with Gasteiger partial charge < -0.3 is 14.5 Å². The Balaban J connectivity index is 3.79. The van der Waals surface area contributed by atoms with E-state index in [1.54, 1.807) is 0 Å². The Morgan fingerprint density at radius 3 is 1.94 bits per heavy atom. The molecule has 0 aromatic heterocycles. The highest BCUT2D eigenvalue weighted by Crippen LogP contribution is 1.96. The topological polar surface area (TPSA) is 32.8 Å². The van der Waals surface area contributed by atoms with Gasteiger partial charge in [0.15, 0.2) is 0 Å². The Labute approximate surface area is 112 Å². The van der Waals surface area contributed by atoms with Crippen LogP contribution in [0.25, 0.3) is 0 Å². The van der Waals surface area contributed by atoms with E-state index in [1.165, 1.54) is 0 Å². The zero-order valence-electron chi connectivity index (χ0n) is 12.6. The van der Waals surface area contributed by atoms with Gasteiger partial charge in [0.05, 0.1) is 6.61 Å². The first-order valence-electron chi connectivity index (χ1n) is 7.27. The standard InChI is InChI=1S/C14H30N2O2/c1-5-9-16(10-6-2)14(17)13-18-12-11-15(7-3)8-4/h5-13H2,1-4H3. The molecule has 0 radical (unpaired) electrons. The molecule has 0 bridgehead atoms. The molecular formula is C14H30N2O2. The molecule has 0 heterocycles. The number of carbonyl (C=O) groups excluding carboxylic acids is 1. The summed E-state index contributed by atoms with van der Waals surface area (Å²) < 4.78 is 5.47. The molecule has 0 N–H and O–H groups in total. The maximum Gasteiger partial charge on any atom is 0.248 e. The summed E-state index contributed by atoms with van der Waals surface area (Å²) in [5.41, 5.74) is 0. The second-order valence-electron chi connectivity index (χ2n) is 4.46. The van der Waals surface area contributed by atoms with Gasteiger partial charge in [-0.25, -0.2) is 0 Å². The van der Waals surface area contributed by atoms with Crippen LogP contribution >= 0.6 is 0 Å². The molecular weight excluding hydrogens is 228 g/mol. The zero-order valence-corrected chi connectivity index (χ0v) is 12.6. The third-order valence-electron chi connectivity index (χ3n) is 3.01. The van der Waals surface area contributed by atoms with Gasteiger partial charge in [0.1, 0.15) is 6.61 Å². The molecule has 0 unspecified atom stereocenters. The number of nitrogens with zero attached hydrogens (tertiary/aromatic N) is 2. The number of ether oxygens (including phenoxy) is 1. The first kappa shape index (κ1) is 17.4. The van der Waals surface area contributed by atoms with E-state index in [1.807, 2.05) is 4.90 Å². The predicted molar refractivity (Wildman–Crippen MR) is 75.8 cm³/mol. The monoisotopic (exact) mass is 258 g/mol. The summed E-state index contributed by atoms with van der Waals surface area (Å²) in [6, 6.07) is 0. The second-order valence-corrected chi connectivity index (χ2v) is 4.46. The van der Waals surface area contributed by atoms with Crippen molar-refractivity contribution in [1.82, 2.24) is 9.80 Å². The lowest BCUT2D eigenvalue weighted by molar-refractivity contribution is -0.136. The van der Waals surface area contributed by atoms with Crippen LogP contribution in [-0.4, -0.2) is 61.6 Å². The molecule has 0 saturated carbocycles. The Kier molecular flexibility index (Phi) is 11.1. The lowest BCUT2D eigenvalue weighted by Crippen LogP contribution is -2.36. The van der Waals surface area contributed by atoms with E-state index >= 15 is 0 Å². The summed E-state index contributed by atoms with van der Waals surface area (Å²) in [7, 11) is 0. The van der Waals surface area contributed by atoms with Gasteiger partial charge in [0, 0.05) is 19.6 Å². The van der Waals surface area contributed by atoms with Crippen molar-refractivity contribution in [1.29, 1.82) is 0 Å². The number of amides is 1. The number of hydrogen-bond donors (Lipinski definition) is 0. The van der Waals surface area contributed by atoms with Crippen molar-refractivity contribution in [3.05, 3.63) is 0 Å². The normalized spacial score (nSPS) is 10.9. The highest BCUT2D eigenvalue weighted by molar-refractivity contribution is 5.77. The summed E-state index contributed by atoms with van der Waals surface area (Å²) >= 11 is 0. The first-order valence-corrected chi connectivity index (χ1v) is 7.27. The van der Waals surface area contributed by atoms with Crippen molar-refractivity contribution in [2.45, 2.75) is 40.5 Å². The minimum Gasteiger partial charge on any atom is -0.370 e. The van der Waals surface area contributed by atoms with Crippen molar-refractivity contribution >= 4 is 5.91 Å². The molecule has 0 aromatic carbocycles. The van der Waals surface area contributed by atoms with Crippen LogP contribution in [0.4, 0.5) is 0 Å². The molecule has 0 atom stereocenters. The molecule has 18 heavy (non-hydrogen) atoms. The number of carbonyl (C=O) groups is 1. The van der Waals surface area contributed by atoms with Crippen LogP contribution in [0.5, 0.6) is 0 Å². The Morgan fingerprint density at radius 1 is 0.944 bits per heavy atom. The quantitative estimate of drug-likeness (QED) is 0.531. The van der Waals surface area contributed by atoms with Crippen molar-refractivity contribution in [3.63, 3.8) is 0 Å². The lowest BCUT2D eigenvalue weighted by Gasteiger charge is -2.22. The van der Waals surface area contributed by atoms with E-state index in [0.717, 1.165) is 45.6 Å². The van der Waals surface area contributed by atoms with Crippen LogP contribution in [0.15, 0.2) is 0 Å². The van der Waals surface area contributed by atoms with Gasteiger partial charge in [0.25, 0.3) is 0 Å². The highest BCUT2D eigenvalue weighted by atomic mass is 16.5. The predicted octanol–water partition coefficient (Wildman–Crippen LogP) is 1.99. The average Bonchev–Trinajstić information content (AvgIpc) is 2.38. The van der Waals surface area contributed by atoms with Crippen molar-refractivity contribution in [2.75, 3.05) is 45.9 Å². The van der Waals surface area contributed by atoms with Gasteiger partial charge >= 0.3 is 0 Å². The van der Waals surface area contributed by atoms with Crippen LogP contribution in [-0.2, 0) is 9.53 Å². The van der Waals surface area contributed by atoms with Crippen molar-refractivity contribution in [3.8, 4) is 0 Å². The minimum absolute atomic E-state index is 0.123. The van der Waals surface area contributed by atoms with Gasteiger partial charge in [-0.15, -0.1) is 0 Å². The van der Waals surface area contributed by atoms with Crippen molar-refractivity contribution in [2.24, 2.45) is 0 Å². The fourth-order valence-corrected chi connectivity index (χ4v) is 1.89. The Morgan fingerprint density at radius 2 is 1.50 bits per heavy atom. The van der Waals surface area contributed by atoms with Crippen LogP contribution < -0.4 is 0 Å². The maximum atomic E-state index is 11.9. The van der Waals surface area contributed by atoms with Gasteiger partial charge in [-0.05, 0) is 25.9 Å². The second kappa shape index (κ2) is 11.5. The molecule has 1 amide bonds. The summed E-state index contributed by atoms with van der Waals surface area (Å²) in [5.74, 6) is 0.123. The zero-order chi connectivity index (χ0) is 13.8.